The first-order valence-electron chi connectivity index (χ1n) is 10.2. The van der Waals surface area contributed by atoms with Crippen LogP contribution in [0.3, 0.4) is 0 Å². The highest BCUT2D eigenvalue weighted by atomic mass is 16.5. The number of carbonyl (C=O) groups is 2. The Morgan fingerprint density at radius 2 is 1.79 bits per heavy atom. The van der Waals surface area contributed by atoms with Gasteiger partial charge in [-0.2, -0.15) is 10.4 Å². The minimum Gasteiger partial charge on any atom is -0.488 e. The van der Waals surface area contributed by atoms with Crippen molar-refractivity contribution in [3.05, 3.63) is 90.3 Å². The third-order valence-electron chi connectivity index (χ3n) is 5.30. The number of anilines is 1. The Morgan fingerprint density at radius 3 is 2.55 bits per heavy atom. The fourth-order valence-corrected chi connectivity index (χ4v) is 3.76. The van der Waals surface area contributed by atoms with Gasteiger partial charge in [0.2, 0.25) is 5.78 Å². The van der Waals surface area contributed by atoms with E-state index in [0.717, 1.165) is 11.3 Å². The largest absolute Gasteiger partial charge is 0.488 e. The number of nitrogens with zero attached hydrogens (tertiary/aromatic N) is 4. The van der Waals surface area contributed by atoms with Crippen molar-refractivity contribution in [2.24, 2.45) is 5.92 Å². The Hall–Kier alpha value is -4.77. The van der Waals surface area contributed by atoms with Gasteiger partial charge in [-0.1, -0.05) is 36.4 Å². The molecule has 160 valence electrons. The summed E-state index contributed by atoms with van der Waals surface area (Å²) < 4.78 is 7.52. The average Bonchev–Trinajstić information content (AvgIpc) is 3.26. The quantitative estimate of drug-likeness (QED) is 0.377. The van der Waals surface area contributed by atoms with Gasteiger partial charge in [0.15, 0.2) is 5.92 Å². The molecule has 0 saturated heterocycles. The van der Waals surface area contributed by atoms with Gasteiger partial charge < -0.3 is 10.1 Å². The van der Waals surface area contributed by atoms with Crippen LogP contribution in [0, 0.1) is 17.2 Å². The van der Waals surface area contributed by atoms with E-state index in [-0.39, 0.29) is 18.1 Å². The number of nitrogens with one attached hydrogen (secondary N) is 1. The first-order valence-corrected chi connectivity index (χ1v) is 10.2. The second-order valence-corrected chi connectivity index (χ2v) is 7.34. The Bertz CT molecular complexity index is 1390. The van der Waals surface area contributed by atoms with Crippen molar-refractivity contribution >= 4 is 17.5 Å². The molecule has 0 radical (unpaired) electrons. The second-order valence-electron chi connectivity index (χ2n) is 7.34. The number of pyridine rings is 1. The summed E-state index contributed by atoms with van der Waals surface area (Å²) in [6.45, 7) is 0.0975. The summed E-state index contributed by atoms with van der Waals surface area (Å²) in [4.78, 5) is 30.2. The van der Waals surface area contributed by atoms with Crippen molar-refractivity contribution in [3.63, 3.8) is 0 Å². The zero-order valence-corrected chi connectivity index (χ0v) is 17.3. The molecule has 1 unspecified atom stereocenters. The van der Waals surface area contributed by atoms with E-state index in [1.54, 1.807) is 22.9 Å². The van der Waals surface area contributed by atoms with E-state index in [2.05, 4.69) is 15.4 Å². The smallest absolute Gasteiger partial charge is 0.250 e. The van der Waals surface area contributed by atoms with Gasteiger partial charge in [-0.05, 0) is 36.4 Å². The van der Waals surface area contributed by atoms with Crippen LogP contribution in [0.25, 0.3) is 16.9 Å². The van der Waals surface area contributed by atoms with Crippen LogP contribution in [0.1, 0.15) is 16.1 Å². The molecule has 0 saturated carbocycles. The van der Waals surface area contributed by atoms with Gasteiger partial charge in [-0.25, -0.2) is 9.67 Å². The topological polar surface area (TPSA) is 110 Å². The standard InChI is InChI=1S/C25H17N5O3/c26-14-18(25(32)28-21-12-6-7-13-27-21)24(31)22-19-15-33-20-11-5-4-10-17(20)23(19)30(29-22)16-8-2-1-3-9-16/h1-13,18H,15H2,(H,27,28,32). The van der Waals surface area contributed by atoms with Crippen LogP contribution in [0.4, 0.5) is 5.82 Å². The Kier molecular flexibility index (Phi) is 5.13. The van der Waals surface area contributed by atoms with Gasteiger partial charge in [-0.3, -0.25) is 9.59 Å². The van der Waals surface area contributed by atoms with Crippen molar-refractivity contribution in [3.8, 4) is 28.8 Å². The lowest BCUT2D eigenvalue weighted by molar-refractivity contribution is -0.117. The van der Waals surface area contributed by atoms with Crippen LogP contribution in [0.5, 0.6) is 5.75 Å². The fraction of sp³-hybridized carbons (Fsp3) is 0.0800. The molecule has 1 aliphatic rings. The Labute approximate surface area is 189 Å². The number of aromatic nitrogens is 3. The number of Topliss-reactive ketones (excluding diaryl/α,β-unsaturated/α-hetero) is 1. The number of benzene rings is 2. The highest BCUT2D eigenvalue weighted by Gasteiger charge is 2.36. The monoisotopic (exact) mass is 435 g/mol. The molecule has 5 rings (SSSR count). The molecule has 33 heavy (non-hydrogen) atoms. The van der Waals surface area contributed by atoms with E-state index in [4.69, 9.17) is 4.74 Å². The number of rotatable bonds is 5. The molecule has 1 amide bonds. The number of para-hydroxylation sites is 2. The van der Waals surface area contributed by atoms with Crippen LogP contribution in [-0.4, -0.2) is 26.5 Å². The van der Waals surface area contributed by atoms with Gasteiger partial charge in [0.25, 0.3) is 5.91 Å². The molecule has 1 atom stereocenters. The van der Waals surface area contributed by atoms with Crippen LogP contribution in [-0.2, 0) is 11.4 Å². The highest BCUT2D eigenvalue weighted by Crippen LogP contribution is 2.40. The van der Waals surface area contributed by atoms with Crippen LogP contribution in [0.2, 0.25) is 0 Å². The number of amides is 1. The maximum Gasteiger partial charge on any atom is 0.250 e. The summed E-state index contributed by atoms with van der Waals surface area (Å²) in [6, 6.07) is 23.6. The first-order chi connectivity index (χ1) is 16.2. The van der Waals surface area contributed by atoms with E-state index in [0.29, 0.717) is 17.0 Å². The van der Waals surface area contributed by atoms with Gasteiger partial charge in [0.05, 0.1) is 17.5 Å². The summed E-state index contributed by atoms with van der Waals surface area (Å²) in [6.07, 6.45) is 1.51. The molecule has 0 aliphatic carbocycles. The van der Waals surface area contributed by atoms with E-state index in [1.807, 2.05) is 60.7 Å². The molecule has 3 heterocycles. The maximum absolute atomic E-state index is 13.4. The SMILES string of the molecule is N#CC(C(=O)Nc1ccccn1)C(=O)c1nn(-c2ccccc2)c2c1COc1ccccc1-2. The van der Waals surface area contributed by atoms with Gasteiger partial charge in [0.1, 0.15) is 23.9 Å². The molecule has 2 aromatic carbocycles. The second kappa shape index (κ2) is 8.40. The number of carbonyl (C=O) groups excluding carboxylic acids is 2. The number of hydrogen-bond acceptors (Lipinski definition) is 6. The molecule has 4 aromatic rings. The molecular weight excluding hydrogens is 418 g/mol. The molecule has 8 nitrogen and oxygen atoms in total. The molecule has 0 fully saturated rings. The molecular formula is C25H17N5O3. The Morgan fingerprint density at radius 1 is 1.03 bits per heavy atom. The predicted octanol–water partition coefficient (Wildman–Crippen LogP) is 3.79. The lowest BCUT2D eigenvalue weighted by Gasteiger charge is -2.19. The van der Waals surface area contributed by atoms with Crippen molar-refractivity contribution in [2.75, 3.05) is 5.32 Å². The number of ketones is 1. The normalized spacial score (nSPS) is 12.5. The van der Waals surface area contributed by atoms with Crippen molar-refractivity contribution in [1.82, 2.24) is 14.8 Å². The minimum absolute atomic E-state index is 0.0334. The third kappa shape index (κ3) is 3.62. The van der Waals surface area contributed by atoms with Crippen LogP contribution in [0.15, 0.2) is 79.0 Å². The zero-order chi connectivity index (χ0) is 22.8. The highest BCUT2D eigenvalue weighted by molar-refractivity contribution is 6.15. The van der Waals surface area contributed by atoms with Crippen LogP contribution >= 0.6 is 0 Å². The Balaban J connectivity index is 1.59. The summed E-state index contributed by atoms with van der Waals surface area (Å²) in [5.74, 6) is -2.12. The third-order valence-corrected chi connectivity index (χ3v) is 5.30. The lowest BCUT2D eigenvalue weighted by atomic mass is 9.96. The zero-order valence-electron chi connectivity index (χ0n) is 17.3. The predicted molar refractivity (Wildman–Crippen MR) is 120 cm³/mol. The van der Waals surface area contributed by atoms with Gasteiger partial charge in [-0.15, -0.1) is 0 Å². The number of hydrogen-bond donors (Lipinski definition) is 1. The average molecular weight is 435 g/mol. The molecule has 0 spiro atoms. The van der Waals surface area contributed by atoms with E-state index >= 15 is 0 Å². The minimum atomic E-state index is -1.59. The van der Waals surface area contributed by atoms with Gasteiger partial charge in [0, 0.05) is 17.3 Å². The maximum atomic E-state index is 13.4. The van der Waals surface area contributed by atoms with E-state index in [9.17, 15) is 14.9 Å². The van der Waals surface area contributed by atoms with Crippen molar-refractivity contribution in [1.29, 1.82) is 5.26 Å². The number of nitriles is 1. The first kappa shape index (κ1) is 20.2. The summed E-state index contributed by atoms with van der Waals surface area (Å²) in [7, 11) is 0. The van der Waals surface area contributed by atoms with Crippen LogP contribution < -0.4 is 10.1 Å². The summed E-state index contributed by atoms with van der Waals surface area (Å²) in [5.41, 5.74) is 2.80. The molecule has 2 aromatic heterocycles. The van der Waals surface area contributed by atoms with Crippen molar-refractivity contribution < 1.29 is 14.3 Å². The molecule has 0 bridgehead atoms. The van der Waals surface area contributed by atoms with E-state index < -0.39 is 17.6 Å². The lowest BCUT2D eigenvalue weighted by Crippen LogP contribution is -2.30. The molecule has 1 aliphatic heterocycles. The fourth-order valence-electron chi connectivity index (χ4n) is 3.76. The van der Waals surface area contributed by atoms with Gasteiger partial charge >= 0.3 is 0 Å². The number of ether oxygens (including phenoxy) is 1. The number of fused-ring (bicyclic) bond motifs is 3. The summed E-state index contributed by atoms with van der Waals surface area (Å²) in [5, 5.41) is 16.8. The van der Waals surface area contributed by atoms with Crippen molar-refractivity contribution in [2.45, 2.75) is 6.61 Å². The summed E-state index contributed by atoms with van der Waals surface area (Å²) >= 11 is 0. The van der Waals surface area contributed by atoms with E-state index in [1.165, 1.54) is 6.20 Å². The molecule has 8 heteroatoms. The molecule has 1 N–H and O–H groups in total.